The lowest BCUT2D eigenvalue weighted by Crippen LogP contribution is -2.36. The Morgan fingerprint density at radius 2 is 1.78 bits per heavy atom. The monoisotopic (exact) mass is 399 g/mol. The van der Waals surface area contributed by atoms with Gasteiger partial charge in [0.25, 0.3) is 5.91 Å². The summed E-state index contributed by atoms with van der Waals surface area (Å²) in [4.78, 5) is 14.5. The van der Waals surface area contributed by atoms with Gasteiger partial charge in [-0.15, -0.1) is 0 Å². The first-order valence-corrected chi connectivity index (χ1v) is 10.5. The predicted octanol–water partition coefficient (Wildman–Crippen LogP) is 0.391. The van der Waals surface area contributed by atoms with Crippen LogP contribution < -0.4 is 5.73 Å². The van der Waals surface area contributed by atoms with E-state index in [0.717, 1.165) is 6.42 Å². The quantitative estimate of drug-likeness (QED) is 0.611. The Kier molecular flexibility index (Phi) is 8.18. The number of likely N-dealkylation sites (tertiary alicyclic amines) is 1. The highest BCUT2D eigenvalue weighted by molar-refractivity contribution is 7.89. The van der Waals surface area contributed by atoms with Crippen LogP contribution >= 0.6 is 0 Å². The molecule has 1 aliphatic rings. The molecule has 1 saturated heterocycles. The second kappa shape index (κ2) is 10.1. The van der Waals surface area contributed by atoms with Crippen molar-refractivity contribution in [1.29, 1.82) is 0 Å². The minimum Gasteiger partial charge on any atom is -0.383 e. The molecule has 1 aromatic rings. The number of amides is 1. The third kappa shape index (κ3) is 5.49. The Balaban J connectivity index is 2.12. The maximum absolute atomic E-state index is 12.9. The van der Waals surface area contributed by atoms with Crippen molar-refractivity contribution < 1.29 is 22.7 Å². The van der Waals surface area contributed by atoms with Crippen molar-refractivity contribution in [3.05, 3.63) is 29.8 Å². The highest BCUT2D eigenvalue weighted by atomic mass is 32.2. The summed E-state index contributed by atoms with van der Waals surface area (Å²) < 4.78 is 37.1. The van der Waals surface area contributed by atoms with Crippen LogP contribution in [0, 0.1) is 5.92 Å². The molecule has 27 heavy (non-hydrogen) atoms. The summed E-state index contributed by atoms with van der Waals surface area (Å²) in [6.07, 6.45) is 0.905. The molecule has 0 bridgehead atoms. The van der Waals surface area contributed by atoms with Gasteiger partial charge < -0.3 is 20.1 Å². The third-order valence-corrected chi connectivity index (χ3v) is 6.65. The molecule has 9 heteroatoms. The molecule has 1 aliphatic heterocycles. The van der Waals surface area contributed by atoms with E-state index in [4.69, 9.17) is 15.2 Å². The number of hydrogen-bond donors (Lipinski definition) is 1. The van der Waals surface area contributed by atoms with Crippen molar-refractivity contribution in [2.45, 2.75) is 11.3 Å². The zero-order chi connectivity index (χ0) is 19.9. The second-order valence-electron chi connectivity index (χ2n) is 6.56. The Morgan fingerprint density at radius 1 is 1.19 bits per heavy atom. The topological polar surface area (TPSA) is 102 Å². The van der Waals surface area contributed by atoms with E-state index in [2.05, 4.69) is 0 Å². The molecule has 8 nitrogen and oxygen atoms in total. The lowest BCUT2D eigenvalue weighted by molar-refractivity contribution is 0.0787. The maximum Gasteiger partial charge on any atom is 0.253 e. The summed E-state index contributed by atoms with van der Waals surface area (Å²) in [5, 5.41) is 0. The number of ether oxygens (including phenoxy) is 2. The molecule has 2 rings (SSSR count). The SMILES string of the molecule is COCCN(CCOC)S(=O)(=O)c1ccc(C(=O)N2CCC(CN)C2)cc1. The Morgan fingerprint density at radius 3 is 2.26 bits per heavy atom. The number of rotatable bonds is 10. The molecule has 1 fully saturated rings. The number of nitrogens with zero attached hydrogens (tertiary/aromatic N) is 2. The maximum atomic E-state index is 12.9. The second-order valence-corrected chi connectivity index (χ2v) is 8.49. The van der Waals surface area contributed by atoms with Crippen LogP contribution in [0.3, 0.4) is 0 Å². The van der Waals surface area contributed by atoms with E-state index in [-0.39, 0.29) is 37.1 Å². The summed E-state index contributed by atoms with van der Waals surface area (Å²) in [5.74, 6) is 0.245. The van der Waals surface area contributed by atoms with Crippen molar-refractivity contribution in [3.63, 3.8) is 0 Å². The summed E-state index contributed by atoms with van der Waals surface area (Å²) in [6.45, 7) is 2.95. The van der Waals surface area contributed by atoms with Crippen LogP contribution in [-0.2, 0) is 19.5 Å². The summed E-state index contributed by atoms with van der Waals surface area (Å²) in [5.41, 5.74) is 6.15. The number of carbonyl (C=O) groups excluding carboxylic acids is 1. The van der Waals surface area contributed by atoms with Gasteiger partial charge in [-0.2, -0.15) is 4.31 Å². The molecule has 152 valence electrons. The van der Waals surface area contributed by atoms with Crippen molar-refractivity contribution >= 4 is 15.9 Å². The number of benzene rings is 1. The first kappa shape index (κ1) is 21.8. The highest BCUT2D eigenvalue weighted by Crippen LogP contribution is 2.20. The standard InChI is InChI=1S/C18H29N3O5S/c1-25-11-9-21(10-12-26-2)27(23,24)17-5-3-16(4-6-17)18(22)20-8-7-15(13-19)14-20/h3-6,15H,7-14,19H2,1-2H3. The number of hydrogen-bond acceptors (Lipinski definition) is 6. The lowest BCUT2D eigenvalue weighted by atomic mass is 10.1. The van der Waals surface area contributed by atoms with Gasteiger partial charge in [-0.3, -0.25) is 4.79 Å². The fraction of sp³-hybridized carbons (Fsp3) is 0.611. The summed E-state index contributed by atoms with van der Waals surface area (Å²) in [7, 11) is -0.642. The van der Waals surface area contributed by atoms with Crippen LogP contribution in [0.2, 0.25) is 0 Å². The molecule has 1 aromatic carbocycles. The molecule has 2 N–H and O–H groups in total. The molecule has 0 saturated carbocycles. The van der Waals surface area contributed by atoms with Gasteiger partial charge >= 0.3 is 0 Å². The van der Waals surface area contributed by atoms with Gasteiger partial charge in [-0.25, -0.2) is 8.42 Å². The molecular weight excluding hydrogens is 370 g/mol. The predicted molar refractivity (Wildman–Crippen MR) is 102 cm³/mol. The van der Waals surface area contributed by atoms with Gasteiger partial charge in [-0.1, -0.05) is 0 Å². The van der Waals surface area contributed by atoms with Crippen molar-refractivity contribution in [2.24, 2.45) is 11.7 Å². The zero-order valence-electron chi connectivity index (χ0n) is 16.0. The highest BCUT2D eigenvalue weighted by Gasteiger charge is 2.27. The van der Waals surface area contributed by atoms with Crippen LogP contribution in [-0.4, -0.2) is 83.7 Å². The van der Waals surface area contributed by atoms with Gasteiger partial charge in [0, 0.05) is 46.0 Å². The number of carbonyl (C=O) groups is 1. The van der Waals surface area contributed by atoms with Gasteiger partial charge in [0.1, 0.15) is 0 Å². The smallest absolute Gasteiger partial charge is 0.253 e. The van der Waals surface area contributed by atoms with E-state index in [1.165, 1.54) is 30.7 Å². The molecule has 1 unspecified atom stereocenters. The van der Waals surface area contributed by atoms with E-state index < -0.39 is 10.0 Å². The zero-order valence-corrected chi connectivity index (χ0v) is 16.8. The largest absolute Gasteiger partial charge is 0.383 e. The first-order chi connectivity index (χ1) is 12.9. The van der Waals surface area contributed by atoms with Crippen LogP contribution in [0.25, 0.3) is 0 Å². The summed E-state index contributed by atoms with van der Waals surface area (Å²) in [6, 6.07) is 6.09. The molecule has 0 aliphatic carbocycles. The number of methoxy groups -OCH3 is 2. The minimum absolute atomic E-state index is 0.0921. The third-order valence-electron chi connectivity index (χ3n) is 4.74. The molecule has 0 aromatic heterocycles. The van der Waals surface area contributed by atoms with E-state index in [1.807, 2.05) is 0 Å². The average Bonchev–Trinajstić information content (AvgIpc) is 3.16. The Bertz CT molecular complexity index is 700. The van der Waals surface area contributed by atoms with Crippen molar-refractivity contribution in [3.8, 4) is 0 Å². The van der Waals surface area contributed by atoms with E-state index in [1.54, 1.807) is 17.0 Å². The van der Waals surface area contributed by atoms with Crippen LogP contribution in [0.5, 0.6) is 0 Å². The van der Waals surface area contributed by atoms with E-state index >= 15 is 0 Å². The van der Waals surface area contributed by atoms with Crippen LogP contribution in [0.1, 0.15) is 16.8 Å². The molecule has 1 amide bonds. The van der Waals surface area contributed by atoms with Crippen molar-refractivity contribution in [1.82, 2.24) is 9.21 Å². The molecular formula is C18H29N3O5S. The van der Waals surface area contributed by atoms with Crippen LogP contribution in [0.15, 0.2) is 29.2 Å². The number of nitrogens with two attached hydrogens (primary N) is 1. The lowest BCUT2D eigenvalue weighted by Gasteiger charge is -2.22. The molecule has 0 spiro atoms. The normalized spacial score (nSPS) is 17.6. The van der Waals surface area contributed by atoms with E-state index in [0.29, 0.717) is 31.1 Å². The van der Waals surface area contributed by atoms with Gasteiger partial charge in [0.15, 0.2) is 0 Å². The minimum atomic E-state index is -3.69. The molecule has 1 atom stereocenters. The fourth-order valence-electron chi connectivity index (χ4n) is 3.05. The molecule has 1 heterocycles. The van der Waals surface area contributed by atoms with Crippen LogP contribution in [0.4, 0.5) is 0 Å². The average molecular weight is 400 g/mol. The van der Waals surface area contributed by atoms with Crippen molar-refractivity contribution in [2.75, 3.05) is 60.2 Å². The van der Waals surface area contributed by atoms with E-state index in [9.17, 15) is 13.2 Å². The Labute approximate surface area is 161 Å². The molecule has 0 radical (unpaired) electrons. The summed E-state index contributed by atoms with van der Waals surface area (Å²) >= 11 is 0. The Hall–Kier alpha value is -1.52. The van der Waals surface area contributed by atoms with Gasteiger partial charge in [0.05, 0.1) is 18.1 Å². The first-order valence-electron chi connectivity index (χ1n) is 9.01. The van der Waals surface area contributed by atoms with Gasteiger partial charge in [-0.05, 0) is 43.1 Å². The van der Waals surface area contributed by atoms with Gasteiger partial charge in [0.2, 0.25) is 10.0 Å². The fourth-order valence-corrected chi connectivity index (χ4v) is 4.46. The number of sulfonamides is 1.